The molecule has 0 fully saturated rings. The maximum atomic E-state index is 14.0. The van der Waals surface area contributed by atoms with Gasteiger partial charge in [-0.15, -0.1) is 0 Å². The molecule has 0 spiro atoms. The normalized spacial score (nSPS) is 10.7. The van der Waals surface area contributed by atoms with Gasteiger partial charge in [-0.3, -0.25) is 0 Å². The fourth-order valence-corrected chi connectivity index (χ4v) is 1.86. The highest BCUT2D eigenvalue weighted by Crippen LogP contribution is 2.21. The minimum absolute atomic E-state index is 0.154. The molecule has 0 aliphatic carbocycles. The van der Waals surface area contributed by atoms with Crippen molar-refractivity contribution in [3.05, 3.63) is 29.6 Å². The van der Waals surface area contributed by atoms with Crippen LogP contribution in [-0.2, 0) is 16.1 Å². The highest BCUT2D eigenvalue weighted by molar-refractivity contribution is 5.49. The van der Waals surface area contributed by atoms with Gasteiger partial charge in [0, 0.05) is 33.9 Å². The van der Waals surface area contributed by atoms with Crippen molar-refractivity contribution in [2.75, 3.05) is 45.4 Å². The lowest BCUT2D eigenvalue weighted by molar-refractivity contribution is 0.191. The standard InChI is InChI=1S/C14H22FNO3/c1-18-8-3-6-16(7-9-19-2)14-5-4-12(11-17)10-13(14)15/h4-5,10,17H,3,6-9,11H2,1-2H3. The molecule has 0 saturated carbocycles. The number of nitrogens with zero attached hydrogens (tertiary/aromatic N) is 1. The number of rotatable bonds is 9. The van der Waals surface area contributed by atoms with Gasteiger partial charge in [-0.1, -0.05) is 6.07 Å². The first-order valence-electron chi connectivity index (χ1n) is 6.35. The van der Waals surface area contributed by atoms with Crippen molar-refractivity contribution in [3.8, 4) is 0 Å². The molecule has 0 heterocycles. The van der Waals surface area contributed by atoms with E-state index in [-0.39, 0.29) is 12.4 Å². The van der Waals surface area contributed by atoms with Gasteiger partial charge in [0.25, 0.3) is 0 Å². The summed E-state index contributed by atoms with van der Waals surface area (Å²) in [4.78, 5) is 1.93. The van der Waals surface area contributed by atoms with Crippen molar-refractivity contribution in [2.45, 2.75) is 13.0 Å². The predicted molar refractivity (Wildman–Crippen MR) is 72.9 cm³/mol. The lowest BCUT2D eigenvalue weighted by Gasteiger charge is -2.25. The second kappa shape index (κ2) is 8.85. The highest BCUT2D eigenvalue weighted by atomic mass is 19.1. The molecule has 0 saturated heterocycles. The van der Waals surface area contributed by atoms with E-state index in [4.69, 9.17) is 14.6 Å². The SMILES string of the molecule is COCCCN(CCOC)c1ccc(CO)cc1F. The number of aliphatic hydroxyl groups excluding tert-OH is 1. The zero-order valence-corrected chi connectivity index (χ0v) is 11.6. The van der Waals surface area contributed by atoms with Gasteiger partial charge in [-0.05, 0) is 24.1 Å². The van der Waals surface area contributed by atoms with Crippen LogP contribution in [0.2, 0.25) is 0 Å². The van der Waals surface area contributed by atoms with Gasteiger partial charge in [-0.25, -0.2) is 4.39 Å². The summed E-state index contributed by atoms with van der Waals surface area (Å²) in [6.45, 7) is 2.34. The van der Waals surface area contributed by atoms with E-state index in [0.29, 0.717) is 37.6 Å². The number of ether oxygens (including phenoxy) is 2. The lowest BCUT2D eigenvalue weighted by Crippen LogP contribution is -2.29. The molecule has 0 aliphatic rings. The van der Waals surface area contributed by atoms with Crippen molar-refractivity contribution < 1.29 is 19.0 Å². The van der Waals surface area contributed by atoms with Gasteiger partial charge in [0.2, 0.25) is 0 Å². The molecule has 1 rings (SSSR count). The number of halogens is 1. The Hall–Kier alpha value is -1.17. The van der Waals surface area contributed by atoms with E-state index in [1.807, 2.05) is 4.90 Å². The molecule has 0 unspecified atom stereocenters. The summed E-state index contributed by atoms with van der Waals surface area (Å²) >= 11 is 0. The smallest absolute Gasteiger partial charge is 0.146 e. The largest absolute Gasteiger partial charge is 0.392 e. The van der Waals surface area contributed by atoms with Gasteiger partial charge >= 0.3 is 0 Å². The number of hydrogen-bond donors (Lipinski definition) is 1. The fourth-order valence-electron chi connectivity index (χ4n) is 1.86. The van der Waals surface area contributed by atoms with E-state index in [1.54, 1.807) is 26.4 Å². The molecule has 0 amide bonds. The number of methoxy groups -OCH3 is 2. The molecule has 1 aromatic carbocycles. The van der Waals surface area contributed by atoms with Crippen molar-refractivity contribution in [3.63, 3.8) is 0 Å². The Balaban J connectivity index is 2.77. The quantitative estimate of drug-likeness (QED) is 0.696. The minimum atomic E-state index is -0.319. The maximum Gasteiger partial charge on any atom is 0.146 e. The Morgan fingerprint density at radius 2 is 1.89 bits per heavy atom. The van der Waals surface area contributed by atoms with Crippen LogP contribution in [0.3, 0.4) is 0 Å². The Kier molecular flexibility index (Phi) is 7.40. The van der Waals surface area contributed by atoms with Crippen LogP contribution in [0.1, 0.15) is 12.0 Å². The van der Waals surface area contributed by atoms with Crippen molar-refractivity contribution in [1.82, 2.24) is 0 Å². The molecular weight excluding hydrogens is 249 g/mol. The number of aliphatic hydroxyl groups is 1. The lowest BCUT2D eigenvalue weighted by atomic mass is 10.2. The molecule has 0 aliphatic heterocycles. The van der Waals surface area contributed by atoms with Crippen LogP contribution in [0.5, 0.6) is 0 Å². The van der Waals surface area contributed by atoms with E-state index in [2.05, 4.69) is 0 Å². The monoisotopic (exact) mass is 271 g/mol. The summed E-state index contributed by atoms with van der Waals surface area (Å²) in [5, 5.41) is 8.99. The van der Waals surface area contributed by atoms with Crippen LogP contribution in [-0.4, -0.2) is 45.6 Å². The maximum absolute atomic E-state index is 14.0. The molecule has 0 aromatic heterocycles. The van der Waals surface area contributed by atoms with Crippen LogP contribution in [0, 0.1) is 5.82 Å². The molecule has 0 atom stereocenters. The van der Waals surface area contributed by atoms with Crippen LogP contribution >= 0.6 is 0 Å². The van der Waals surface area contributed by atoms with E-state index in [9.17, 15) is 4.39 Å². The summed E-state index contributed by atoms with van der Waals surface area (Å²) in [7, 11) is 3.27. The van der Waals surface area contributed by atoms with Crippen LogP contribution in [0.25, 0.3) is 0 Å². The molecule has 1 aromatic rings. The summed E-state index contributed by atoms with van der Waals surface area (Å²) in [5.74, 6) is -0.319. The summed E-state index contributed by atoms with van der Waals surface area (Å²) in [6, 6.07) is 4.79. The summed E-state index contributed by atoms with van der Waals surface area (Å²) < 4.78 is 24.1. The molecule has 0 radical (unpaired) electrons. The molecule has 0 bridgehead atoms. The number of benzene rings is 1. The van der Waals surface area contributed by atoms with Gasteiger partial charge in [0.05, 0.1) is 18.9 Å². The highest BCUT2D eigenvalue weighted by Gasteiger charge is 2.11. The second-order valence-corrected chi connectivity index (χ2v) is 4.27. The average molecular weight is 271 g/mol. The number of anilines is 1. The zero-order valence-electron chi connectivity index (χ0n) is 11.6. The third kappa shape index (κ3) is 5.14. The first-order valence-corrected chi connectivity index (χ1v) is 6.35. The third-order valence-corrected chi connectivity index (χ3v) is 2.88. The third-order valence-electron chi connectivity index (χ3n) is 2.88. The van der Waals surface area contributed by atoms with Crippen LogP contribution in [0.4, 0.5) is 10.1 Å². The van der Waals surface area contributed by atoms with Gasteiger partial charge < -0.3 is 19.5 Å². The first-order chi connectivity index (χ1) is 9.22. The van der Waals surface area contributed by atoms with Gasteiger partial charge in [-0.2, -0.15) is 0 Å². The molecular formula is C14H22FNO3. The average Bonchev–Trinajstić information content (AvgIpc) is 2.43. The van der Waals surface area contributed by atoms with E-state index in [0.717, 1.165) is 6.42 Å². The topological polar surface area (TPSA) is 41.9 Å². The minimum Gasteiger partial charge on any atom is -0.392 e. The Morgan fingerprint density at radius 3 is 2.47 bits per heavy atom. The van der Waals surface area contributed by atoms with Gasteiger partial charge in [0.15, 0.2) is 0 Å². The molecule has 1 N–H and O–H groups in total. The Morgan fingerprint density at radius 1 is 1.16 bits per heavy atom. The Labute approximate surface area is 113 Å². The fraction of sp³-hybridized carbons (Fsp3) is 0.571. The van der Waals surface area contributed by atoms with Crippen LogP contribution < -0.4 is 4.90 Å². The summed E-state index contributed by atoms with van der Waals surface area (Å²) in [5.41, 5.74) is 1.11. The molecule has 4 nitrogen and oxygen atoms in total. The van der Waals surface area contributed by atoms with E-state index >= 15 is 0 Å². The van der Waals surface area contributed by atoms with Crippen LogP contribution in [0.15, 0.2) is 18.2 Å². The van der Waals surface area contributed by atoms with Crippen molar-refractivity contribution in [2.24, 2.45) is 0 Å². The predicted octanol–water partition coefficient (Wildman–Crippen LogP) is 1.81. The second-order valence-electron chi connectivity index (χ2n) is 4.27. The summed E-state index contributed by atoms with van der Waals surface area (Å²) in [6.07, 6.45) is 0.821. The first kappa shape index (κ1) is 15.9. The molecule has 5 heteroatoms. The van der Waals surface area contributed by atoms with E-state index < -0.39 is 0 Å². The molecule has 108 valence electrons. The van der Waals surface area contributed by atoms with E-state index in [1.165, 1.54) is 6.07 Å². The molecule has 19 heavy (non-hydrogen) atoms. The van der Waals surface area contributed by atoms with Crippen molar-refractivity contribution >= 4 is 5.69 Å². The zero-order chi connectivity index (χ0) is 14.1. The Bertz CT molecular complexity index is 374. The number of hydrogen-bond acceptors (Lipinski definition) is 4. The van der Waals surface area contributed by atoms with Gasteiger partial charge in [0.1, 0.15) is 5.82 Å². The van der Waals surface area contributed by atoms with Crippen molar-refractivity contribution in [1.29, 1.82) is 0 Å².